The lowest BCUT2D eigenvalue weighted by Crippen LogP contribution is -2.38. The number of benzene rings is 2. The Bertz CT molecular complexity index is 1100. The zero-order valence-electron chi connectivity index (χ0n) is 19.7. The molecular weight excluding hydrogens is 460 g/mol. The average molecular weight is 489 g/mol. The number of ether oxygens (including phenoxy) is 2. The van der Waals surface area contributed by atoms with Crippen LogP contribution in [0.25, 0.3) is 5.76 Å². The molecule has 0 saturated carbocycles. The molecule has 1 heterocycles. The number of carbonyl (C=O) groups excluding carboxylic acids is 2. The predicted octanol–water partition coefficient (Wildman–Crippen LogP) is 3.83. The first-order chi connectivity index (χ1) is 16.3. The standard InChI is InChI=1S/C25H29ClN2O6/c1-5-27(6-2)11-12-28-22(15-7-9-16(29)10-8-15)21(24(31)25(28)32)23(30)17-13-18(26)20(34-4)14-19(17)33-3/h7-10,13-14,22,29-30H,5-6,11-12H2,1-4H3/b23-21+. The fraction of sp³-hybridized carbons (Fsp3) is 0.360. The van der Waals surface area contributed by atoms with Crippen molar-refractivity contribution in [2.75, 3.05) is 40.4 Å². The van der Waals surface area contributed by atoms with Gasteiger partial charge in [-0.05, 0) is 36.9 Å². The zero-order valence-corrected chi connectivity index (χ0v) is 20.4. The molecular formula is C25H29ClN2O6. The molecule has 1 unspecified atom stereocenters. The number of hydrogen-bond donors (Lipinski definition) is 2. The molecule has 3 rings (SSSR count). The SMILES string of the molecule is CCN(CC)CCN1C(=O)C(=O)/C(=C(/O)c2cc(Cl)c(OC)cc2OC)C1c1ccc(O)cc1. The van der Waals surface area contributed by atoms with E-state index >= 15 is 0 Å². The molecule has 0 aromatic heterocycles. The molecule has 0 bridgehead atoms. The maximum Gasteiger partial charge on any atom is 0.295 e. The van der Waals surface area contributed by atoms with Crippen molar-refractivity contribution in [3.63, 3.8) is 0 Å². The molecule has 2 N–H and O–H groups in total. The lowest BCUT2D eigenvalue weighted by atomic mass is 9.95. The van der Waals surface area contributed by atoms with Crippen LogP contribution < -0.4 is 9.47 Å². The van der Waals surface area contributed by atoms with Gasteiger partial charge in [-0.15, -0.1) is 0 Å². The fourth-order valence-corrected chi connectivity index (χ4v) is 4.33. The topological polar surface area (TPSA) is 99.5 Å². The van der Waals surface area contributed by atoms with Gasteiger partial charge in [-0.3, -0.25) is 9.59 Å². The van der Waals surface area contributed by atoms with Crippen LogP contribution in [0.2, 0.25) is 5.02 Å². The molecule has 1 atom stereocenters. The van der Waals surface area contributed by atoms with E-state index in [1.54, 1.807) is 12.1 Å². The fourth-order valence-electron chi connectivity index (χ4n) is 4.09. The maximum atomic E-state index is 13.2. The molecule has 8 nitrogen and oxygen atoms in total. The molecule has 2 aromatic rings. The summed E-state index contributed by atoms with van der Waals surface area (Å²) in [7, 11) is 2.87. The number of hydrogen-bond acceptors (Lipinski definition) is 7. The van der Waals surface area contributed by atoms with E-state index in [1.165, 1.54) is 43.4 Å². The quantitative estimate of drug-likeness (QED) is 0.314. The number of aliphatic hydroxyl groups excluding tert-OH is 1. The lowest BCUT2D eigenvalue weighted by Gasteiger charge is -2.28. The molecule has 1 aliphatic rings. The molecule has 1 amide bonds. The van der Waals surface area contributed by atoms with Crippen LogP contribution in [0.5, 0.6) is 17.2 Å². The summed E-state index contributed by atoms with van der Waals surface area (Å²) in [5.41, 5.74) is 0.672. The highest BCUT2D eigenvalue weighted by atomic mass is 35.5. The first-order valence-corrected chi connectivity index (χ1v) is 11.4. The normalized spacial score (nSPS) is 17.5. The van der Waals surface area contributed by atoms with Gasteiger partial charge in [-0.25, -0.2) is 0 Å². The third kappa shape index (κ3) is 4.83. The molecule has 0 radical (unpaired) electrons. The summed E-state index contributed by atoms with van der Waals surface area (Å²) >= 11 is 6.28. The van der Waals surface area contributed by atoms with E-state index in [0.29, 0.717) is 17.9 Å². The van der Waals surface area contributed by atoms with Gasteiger partial charge >= 0.3 is 0 Å². The van der Waals surface area contributed by atoms with Gasteiger partial charge in [0, 0.05) is 19.2 Å². The van der Waals surface area contributed by atoms with E-state index < -0.39 is 23.5 Å². The van der Waals surface area contributed by atoms with Crippen molar-refractivity contribution in [1.82, 2.24) is 9.80 Å². The second-order valence-electron chi connectivity index (χ2n) is 7.80. The van der Waals surface area contributed by atoms with E-state index in [1.807, 2.05) is 13.8 Å². The Hall–Kier alpha value is -3.23. The van der Waals surface area contributed by atoms with Crippen LogP contribution in [0.3, 0.4) is 0 Å². The third-order valence-corrected chi connectivity index (χ3v) is 6.32. The van der Waals surface area contributed by atoms with Crippen molar-refractivity contribution in [3.8, 4) is 17.2 Å². The van der Waals surface area contributed by atoms with Gasteiger partial charge in [-0.1, -0.05) is 37.6 Å². The summed E-state index contributed by atoms with van der Waals surface area (Å²) in [6.45, 7) is 6.49. The number of likely N-dealkylation sites (tertiary alicyclic amines) is 1. The smallest absolute Gasteiger partial charge is 0.295 e. The Morgan fingerprint density at radius 1 is 1.06 bits per heavy atom. The van der Waals surface area contributed by atoms with E-state index in [4.69, 9.17) is 21.1 Å². The van der Waals surface area contributed by atoms with Gasteiger partial charge in [0.1, 0.15) is 23.0 Å². The van der Waals surface area contributed by atoms with Crippen LogP contribution in [0.15, 0.2) is 42.0 Å². The third-order valence-electron chi connectivity index (χ3n) is 6.03. The van der Waals surface area contributed by atoms with Gasteiger partial charge in [0.05, 0.1) is 36.4 Å². The minimum absolute atomic E-state index is 0.0486. The molecule has 0 spiro atoms. The molecule has 1 saturated heterocycles. The number of rotatable bonds is 9. The number of amides is 1. The second kappa shape index (κ2) is 10.8. The van der Waals surface area contributed by atoms with Crippen LogP contribution in [0.1, 0.15) is 31.0 Å². The van der Waals surface area contributed by atoms with Crippen molar-refractivity contribution in [1.29, 1.82) is 0 Å². The maximum absolute atomic E-state index is 13.2. The van der Waals surface area contributed by atoms with Crippen LogP contribution in [0.4, 0.5) is 0 Å². The number of halogens is 1. The lowest BCUT2D eigenvalue weighted by molar-refractivity contribution is -0.140. The number of Topliss-reactive ketones (excluding diaryl/α,β-unsaturated/α-hetero) is 1. The van der Waals surface area contributed by atoms with Crippen LogP contribution in [-0.2, 0) is 9.59 Å². The van der Waals surface area contributed by atoms with E-state index in [0.717, 1.165) is 13.1 Å². The first kappa shape index (κ1) is 25.4. The van der Waals surface area contributed by atoms with Gasteiger partial charge < -0.3 is 29.5 Å². The van der Waals surface area contributed by atoms with Crippen LogP contribution in [-0.4, -0.2) is 72.1 Å². The Balaban J connectivity index is 2.18. The number of phenolic OH excluding ortho intramolecular Hbond substituents is 1. The Kier molecular flexibility index (Phi) is 8.06. The number of aliphatic hydroxyl groups is 1. The summed E-state index contributed by atoms with van der Waals surface area (Å²) in [4.78, 5) is 29.9. The molecule has 1 aliphatic heterocycles. The van der Waals surface area contributed by atoms with E-state index in [2.05, 4.69) is 4.90 Å². The molecule has 0 aliphatic carbocycles. The van der Waals surface area contributed by atoms with Crippen molar-refractivity contribution < 1.29 is 29.3 Å². The number of methoxy groups -OCH3 is 2. The van der Waals surface area contributed by atoms with Crippen LogP contribution >= 0.6 is 11.6 Å². The summed E-state index contributed by atoms with van der Waals surface area (Å²) in [5, 5.41) is 21.3. The van der Waals surface area contributed by atoms with Gasteiger partial charge in [-0.2, -0.15) is 0 Å². The zero-order chi connectivity index (χ0) is 25.0. The summed E-state index contributed by atoms with van der Waals surface area (Å²) in [6.07, 6.45) is 0. The van der Waals surface area contributed by atoms with Crippen LogP contribution in [0, 0.1) is 0 Å². The molecule has 1 fully saturated rings. The van der Waals surface area contributed by atoms with Crippen molar-refractivity contribution >= 4 is 29.1 Å². The molecule has 34 heavy (non-hydrogen) atoms. The molecule has 182 valence electrons. The van der Waals surface area contributed by atoms with Crippen molar-refractivity contribution in [3.05, 3.63) is 58.1 Å². The highest BCUT2D eigenvalue weighted by molar-refractivity contribution is 6.46. The number of carbonyl (C=O) groups is 2. The highest BCUT2D eigenvalue weighted by Gasteiger charge is 2.46. The monoisotopic (exact) mass is 488 g/mol. The highest BCUT2D eigenvalue weighted by Crippen LogP contribution is 2.43. The van der Waals surface area contributed by atoms with Crippen molar-refractivity contribution in [2.24, 2.45) is 0 Å². The minimum atomic E-state index is -0.846. The van der Waals surface area contributed by atoms with Gasteiger partial charge in [0.25, 0.3) is 11.7 Å². The Labute approximate surface area is 203 Å². The number of phenols is 1. The Morgan fingerprint density at radius 2 is 1.68 bits per heavy atom. The minimum Gasteiger partial charge on any atom is -0.508 e. The number of likely N-dealkylation sites (N-methyl/N-ethyl adjacent to an activating group) is 1. The predicted molar refractivity (Wildman–Crippen MR) is 129 cm³/mol. The first-order valence-electron chi connectivity index (χ1n) is 11.0. The van der Waals surface area contributed by atoms with E-state index in [-0.39, 0.29) is 34.2 Å². The molecule has 9 heteroatoms. The average Bonchev–Trinajstić information content (AvgIpc) is 3.09. The summed E-state index contributed by atoms with van der Waals surface area (Å²) in [5.74, 6) is -1.28. The number of ketones is 1. The van der Waals surface area contributed by atoms with Crippen molar-refractivity contribution in [2.45, 2.75) is 19.9 Å². The largest absolute Gasteiger partial charge is 0.508 e. The summed E-state index contributed by atoms with van der Waals surface area (Å²) < 4.78 is 10.6. The van der Waals surface area contributed by atoms with E-state index in [9.17, 15) is 19.8 Å². The second-order valence-corrected chi connectivity index (χ2v) is 8.21. The Morgan fingerprint density at radius 3 is 2.24 bits per heavy atom. The number of nitrogens with zero attached hydrogens (tertiary/aromatic N) is 2. The van der Waals surface area contributed by atoms with Gasteiger partial charge in [0.15, 0.2) is 0 Å². The number of aromatic hydroxyl groups is 1. The molecule has 2 aromatic carbocycles. The summed E-state index contributed by atoms with van der Waals surface area (Å²) in [6, 6.07) is 8.30. The van der Waals surface area contributed by atoms with Gasteiger partial charge in [0.2, 0.25) is 0 Å².